The van der Waals surface area contributed by atoms with Gasteiger partial charge in [-0.15, -0.1) is 0 Å². The molecule has 1 amide bonds. The number of aryl methyl sites for hydroxylation is 1. The van der Waals surface area contributed by atoms with Gasteiger partial charge in [-0.2, -0.15) is 4.31 Å². The summed E-state index contributed by atoms with van der Waals surface area (Å²) in [5, 5.41) is 0. The van der Waals surface area contributed by atoms with E-state index in [0.29, 0.717) is 43.1 Å². The normalized spacial score (nSPS) is 16.5. The molecule has 6 heteroatoms. The minimum atomic E-state index is -3.54. The highest BCUT2D eigenvalue weighted by atomic mass is 32.2. The van der Waals surface area contributed by atoms with E-state index in [1.807, 2.05) is 43.3 Å². The molecule has 0 saturated carbocycles. The molecule has 0 atom stereocenters. The van der Waals surface area contributed by atoms with Gasteiger partial charge < -0.3 is 4.90 Å². The fourth-order valence-electron chi connectivity index (χ4n) is 3.49. The van der Waals surface area contributed by atoms with Crippen molar-refractivity contribution < 1.29 is 13.2 Å². The van der Waals surface area contributed by atoms with Gasteiger partial charge in [0.25, 0.3) is 5.91 Å². The van der Waals surface area contributed by atoms with E-state index in [-0.39, 0.29) is 11.3 Å². The molecule has 1 aliphatic heterocycles. The van der Waals surface area contributed by atoms with Gasteiger partial charge in [0.15, 0.2) is 0 Å². The number of carbonyl (C=O) groups is 1. The molecule has 0 aromatic heterocycles. The Kier molecular flexibility index (Phi) is 6.15. The molecule has 5 nitrogen and oxygen atoms in total. The molecule has 3 rings (SSSR count). The summed E-state index contributed by atoms with van der Waals surface area (Å²) in [6, 6.07) is 14.6. The Balaban J connectivity index is 1.71. The average Bonchev–Trinajstić information content (AvgIpc) is 2.94. The minimum absolute atomic E-state index is 0.0367. The van der Waals surface area contributed by atoms with E-state index < -0.39 is 10.0 Å². The van der Waals surface area contributed by atoms with Gasteiger partial charge >= 0.3 is 0 Å². The smallest absolute Gasteiger partial charge is 0.253 e. The Morgan fingerprint density at radius 1 is 0.862 bits per heavy atom. The SMILES string of the molecule is Cc1ccc(S(=O)(=O)N2CCCN(C(=O)c3ccc(C(C)(C)C)cc3)CC2)cc1. The van der Waals surface area contributed by atoms with Crippen LogP contribution in [0.2, 0.25) is 0 Å². The first-order valence-corrected chi connectivity index (χ1v) is 11.5. The van der Waals surface area contributed by atoms with Crippen LogP contribution in [0.1, 0.15) is 48.7 Å². The second-order valence-corrected chi connectivity index (χ2v) is 10.6. The topological polar surface area (TPSA) is 57.7 Å². The third-order valence-corrected chi connectivity index (χ3v) is 7.31. The molecule has 0 aliphatic carbocycles. The van der Waals surface area contributed by atoms with Gasteiger partial charge in [-0.25, -0.2) is 8.42 Å². The Morgan fingerprint density at radius 2 is 1.48 bits per heavy atom. The van der Waals surface area contributed by atoms with Gasteiger partial charge in [-0.1, -0.05) is 50.6 Å². The summed E-state index contributed by atoms with van der Waals surface area (Å²) < 4.78 is 27.4. The highest BCUT2D eigenvalue weighted by Crippen LogP contribution is 2.23. The molecule has 2 aromatic carbocycles. The number of benzene rings is 2. The lowest BCUT2D eigenvalue weighted by atomic mass is 9.86. The second-order valence-electron chi connectivity index (χ2n) is 8.69. The summed E-state index contributed by atoms with van der Waals surface area (Å²) in [7, 11) is -3.54. The Bertz CT molecular complexity index is 959. The highest BCUT2D eigenvalue weighted by Gasteiger charge is 2.28. The maximum absolute atomic E-state index is 13.0. The summed E-state index contributed by atoms with van der Waals surface area (Å²) in [4.78, 5) is 15.0. The second kappa shape index (κ2) is 8.28. The zero-order valence-corrected chi connectivity index (χ0v) is 18.5. The van der Waals surface area contributed by atoms with Crippen molar-refractivity contribution in [2.24, 2.45) is 0 Å². The van der Waals surface area contributed by atoms with Crippen molar-refractivity contribution in [3.05, 3.63) is 65.2 Å². The number of carbonyl (C=O) groups excluding carboxylic acids is 1. The van der Waals surface area contributed by atoms with Crippen molar-refractivity contribution in [2.45, 2.75) is 44.4 Å². The molecular weight excluding hydrogens is 384 g/mol. The molecule has 156 valence electrons. The molecule has 0 bridgehead atoms. The molecule has 0 spiro atoms. The largest absolute Gasteiger partial charge is 0.337 e. The minimum Gasteiger partial charge on any atom is -0.337 e. The van der Waals surface area contributed by atoms with Crippen LogP contribution in [0.5, 0.6) is 0 Å². The van der Waals surface area contributed by atoms with Gasteiger partial charge in [0.2, 0.25) is 10.0 Å². The van der Waals surface area contributed by atoms with E-state index in [1.165, 1.54) is 9.87 Å². The van der Waals surface area contributed by atoms with E-state index >= 15 is 0 Å². The van der Waals surface area contributed by atoms with Crippen LogP contribution < -0.4 is 0 Å². The van der Waals surface area contributed by atoms with Crippen molar-refractivity contribution in [1.82, 2.24) is 9.21 Å². The highest BCUT2D eigenvalue weighted by molar-refractivity contribution is 7.89. The predicted octanol–water partition coefficient (Wildman–Crippen LogP) is 3.83. The number of nitrogens with zero attached hydrogens (tertiary/aromatic N) is 2. The van der Waals surface area contributed by atoms with Gasteiger partial charge in [0.05, 0.1) is 4.90 Å². The average molecular weight is 415 g/mol. The molecule has 0 radical (unpaired) electrons. The van der Waals surface area contributed by atoms with Gasteiger partial charge in [0, 0.05) is 31.7 Å². The van der Waals surface area contributed by atoms with Crippen LogP contribution in [0, 0.1) is 6.92 Å². The van der Waals surface area contributed by atoms with Gasteiger partial charge in [-0.05, 0) is 48.6 Å². The zero-order chi connectivity index (χ0) is 21.2. The molecule has 1 heterocycles. The maximum Gasteiger partial charge on any atom is 0.253 e. The summed E-state index contributed by atoms with van der Waals surface area (Å²) in [5.41, 5.74) is 2.89. The molecule has 1 aliphatic rings. The van der Waals surface area contributed by atoms with Crippen molar-refractivity contribution >= 4 is 15.9 Å². The number of sulfonamides is 1. The number of amides is 1. The van der Waals surface area contributed by atoms with Crippen LogP contribution in [0.3, 0.4) is 0 Å². The van der Waals surface area contributed by atoms with Crippen LogP contribution in [-0.2, 0) is 15.4 Å². The lowest BCUT2D eigenvalue weighted by Crippen LogP contribution is -2.37. The molecular formula is C23H30N2O3S. The maximum atomic E-state index is 13.0. The number of hydrogen-bond acceptors (Lipinski definition) is 3. The molecule has 0 N–H and O–H groups in total. The number of rotatable bonds is 3. The van der Waals surface area contributed by atoms with E-state index in [0.717, 1.165) is 5.56 Å². The Morgan fingerprint density at radius 3 is 2.07 bits per heavy atom. The predicted molar refractivity (Wildman–Crippen MR) is 116 cm³/mol. The van der Waals surface area contributed by atoms with Crippen LogP contribution in [0.4, 0.5) is 0 Å². The van der Waals surface area contributed by atoms with E-state index in [1.54, 1.807) is 17.0 Å². The first kappa shape index (κ1) is 21.5. The summed E-state index contributed by atoms with van der Waals surface area (Å²) in [5.74, 6) is -0.0416. The lowest BCUT2D eigenvalue weighted by molar-refractivity contribution is 0.0764. The fourth-order valence-corrected chi connectivity index (χ4v) is 4.96. The first-order chi connectivity index (χ1) is 13.6. The van der Waals surface area contributed by atoms with Gasteiger partial charge in [-0.3, -0.25) is 4.79 Å². The van der Waals surface area contributed by atoms with Gasteiger partial charge in [0.1, 0.15) is 0 Å². The van der Waals surface area contributed by atoms with Crippen molar-refractivity contribution in [3.63, 3.8) is 0 Å². The fraction of sp³-hybridized carbons (Fsp3) is 0.435. The third kappa shape index (κ3) is 4.87. The summed E-state index contributed by atoms with van der Waals surface area (Å²) in [6.45, 7) is 10.0. The molecule has 1 saturated heterocycles. The van der Waals surface area contributed by atoms with Crippen LogP contribution in [-0.4, -0.2) is 49.7 Å². The molecule has 1 fully saturated rings. The zero-order valence-electron chi connectivity index (χ0n) is 17.7. The summed E-state index contributed by atoms with van der Waals surface area (Å²) in [6.07, 6.45) is 0.622. The van der Waals surface area contributed by atoms with Crippen molar-refractivity contribution in [1.29, 1.82) is 0 Å². The van der Waals surface area contributed by atoms with Crippen molar-refractivity contribution in [3.8, 4) is 0 Å². The Hall–Kier alpha value is -2.18. The van der Waals surface area contributed by atoms with Crippen LogP contribution >= 0.6 is 0 Å². The standard InChI is InChI=1S/C23H30N2O3S/c1-18-6-12-21(13-7-18)29(27,28)25-15-5-14-24(16-17-25)22(26)19-8-10-20(11-9-19)23(2,3)4/h6-13H,5,14-17H2,1-4H3. The van der Waals surface area contributed by atoms with Crippen LogP contribution in [0.25, 0.3) is 0 Å². The lowest BCUT2D eigenvalue weighted by Gasteiger charge is -2.23. The van der Waals surface area contributed by atoms with Crippen molar-refractivity contribution in [2.75, 3.05) is 26.2 Å². The van der Waals surface area contributed by atoms with E-state index in [2.05, 4.69) is 20.8 Å². The monoisotopic (exact) mass is 414 g/mol. The Labute approximate surface area is 174 Å². The molecule has 2 aromatic rings. The molecule has 29 heavy (non-hydrogen) atoms. The third-order valence-electron chi connectivity index (χ3n) is 5.40. The first-order valence-electron chi connectivity index (χ1n) is 10.1. The quantitative estimate of drug-likeness (QED) is 0.767. The summed E-state index contributed by atoms with van der Waals surface area (Å²) >= 11 is 0. The van der Waals surface area contributed by atoms with E-state index in [9.17, 15) is 13.2 Å². The number of hydrogen-bond donors (Lipinski definition) is 0. The molecule has 0 unspecified atom stereocenters. The van der Waals surface area contributed by atoms with E-state index in [4.69, 9.17) is 0 Å². The van der Waals surface area contributed by atoms with Crippen LogP contribution in [0.15, 0.2) is 53.4 Å².